The van der Waals surface area contributed by atoms with E-state index in [2.05, 4.69) is 0 Å². The van der Waals surface area contributed by atoms with Crippen molar-refractivity contribution < 1.29 is 14.3 Å². The fourth-order valence-corrected chi connectivity index (χ4v) is 6.86. The predicted molar refractivity (Wildman–Crippen MR) is 77.2 cm³/mol. The largest absolute Gasteiger partial charge is 0.436 e. The third-order valence-electron chi connectivity index (χ3n) is 7.42. The third-order valence-corrected chi connectivity index (χ3v) is 7.42. The van der Waals surface area contributed by atoms with Crippen LogP contribution in [0.1, 0.15) is 51.4 Å². The Bertz CT molecular complexity index is 442. The second-order valence-corrected chi connectivity index (χ2v) is 8.22. The zero-order valence-electron chi connectivity index (χ0n) is 12.7. The highest BCUT2D eigenvalue weighted by Gasteiger charge is 2.63. The Balaban J connectivity index is 1.28. The van der Waals surface area contributed by atoms with Gasteiger partial charge in [0.2, 0.25) is 6.29 Å². The number of esters is 1. The van der Waals surface area contributed by atoms with Crippen molar-refractivity contribution >= 4 is 5.97 Å². The Morgan fingerprint density at radius 3 is 2.57 bits per heavy atom. The lowest BCUT2D eigenvalue weighted by atomic mass is 9.67. The molecule has 4 aliphatic carbocycles. The molecule has 5 rings (SSSR count). The summed E-state index contributed by atoms with van der Waals surface area (Å²) in [5.74, 6) is 5.53. The highest BCUT2D eigenvalue weighted by molar-refractivity contribution is 5.73. The second kappa shape index (κ2) is 4.71. The molecule has 1 saturated heterocycles. The molecule has 4 bridgehead atoms. The van der Waals surface area contributed by atoms with Gasteiger partial charge in [0.25, 0.3) is 0 Å². The average molecular weight is 290 g/mol. The van der Waals surface area contributed by atoms with E-state index < -0.39 is 0 Å². The van der Waals surface area contributed by atoms with Gasteiger partial charge in [-0.05, 0) is 80.5 Å². The average Bonchev–Trinajstić information content (AvgIpc) is 3.26. The van der Waals surface area contributed by atoms with Crippen molar-refractivity contribution in [2.75, 3.05) is 6.61 Å². The molecule has 0 N–H and O–H groups in total. The second-order valence-electron chi connectivity index (χ2n) is 8.22. The molecule has 1 aliphatic heterocycles. The fraction of sp³-hybridized carbons (Fsp3) is 0.944. The van der Waals surface area contributed by atoms with Crippen molar-refractivity contribution in [1.82, 2.24) is 0 Å². The minimum Gasteiger partial charge on any atom is -0.436 e. The van der Waals surface area contributed by atoms with Gasteiger partial charge >= 0.3 is 5.97 Å². The molecule has 5 aliphatic rings. The Morgan fingerprint density at radius 2 is 1.76 bits per heavy atom. The van der Waals surface area contributed by atoms with Crippen molar-refractivity contribution in [2.45, 2.75) is 57.7 Å². The van der Waals surface area contributed by atoms with Crippen molar-refractivity contribution in [3.63, 3.8) is 0 Å². The number of rotatable bonds is 2. The highest BCUT2D eigenvalue weighted by Crippen LogP contribution is 2.68. The Labute approximate surface area is 126 Å². The maximum absolute atomic E-state index is 12.6. The molecule has 0 aromatic rings. The summed E-state index contributed by atoms with van der Waals surface area (Å²) in [7, 11) is 0. The number of hydrogen-bond donors (Lipinski definition) is 0. The van der Waals surface area contributed by atoms with E-state index in [-0.39, 0.29) is 18.2 Å². The summed E-state index contributed by atoms with van der Waals surface area (Å²) in [6.07, 6.45) is 9.68. The highest BCUT2D eigenvalue weighted by atomic mass is 16.7. The molecule has 8 atom stereocenters. The molecular formula is C18H26O3. The lowest BCUT2D eigenvalue weighted by molar-refractivity contribution is -0.193. The molecule has 0 amide bonds. The van der Waals surface area contributed by atoms with Crippen molar-refractivity contribution in [3.8, 4) is 0 Å². The smallest absolute Gasteiger partial charge is 0.311 e. The van der Waals surface area contributed by atoms with Gasteiger partial charge in [0, 0.05) is 6.42 Å². The van der Waals surface area contributed by atoms with Crippen LogP contribution in [0, 0.1) is 41.4 Å². The topological polar surface area (TPSA) is 35.5 Å². The van der Waals surface area contributed by atoms with Gasteiger partial charge in [-0.3, -0.25) is 4.79 Å². The SMILES string of the molecule is O=C(OC1CCCCO1)C1CC2CC1C1C3CCC(C3)C21. The Kier molecular flexibility index (Phi) is 2.90. The minimum atomic E-state index is -0.249. The van der Waals surface area contributed by atoms with Gasteiger partial charge in [-0.15, -0.1) is 0 Å². The number of carbonyl (C=O) groups is 1. The summed E-state index contributed by atoms with van der Waals surface area (Å²) in [5.41, 5.74) is 0. The lowest BCUT2D eigenvalue weighted by Gasteiger charge is -2.38. The van der Waals surface area contributed by atoms with Crippen LogP contribution in [0.25, 0.3) is 0 Å². The molecule has 1 heterocycles. The first-order valence-corrected chi connectivity index (χ1v) is 9.13. The first kappa shape index (κ1) is 12.9. The van der Waals surface area contributed by atoms with Gasteiger partial charge in [-0.2, -0.15) is 0 Å². The van der Waals surface area contributed by atoms with E-state index >= 15 is 0 Å². The molecule has 0 aromatic carbocycles. The number of fused-ring (bicyclic) bond motifs is 9. The molecule has 8 unspecified atom stereocenters. The predicted octanol–water partition coefficient (Wildman–Crippen LogP) is 3.37. The van der Waals surface area contributed by atoms with Crippen LogP contribution >= 0.6 is 0 Å². The van der Waals surface area contributed by atoms with E-state index in [0.29, 0.717) is 5.92 Å². The first-order valence-electron chi connectivity index (χ1n) is 9.13. The molecule has 21 heavy (non-hydrogen) atoms. The standard InChI is InChI=1S/C18H26O3/c19-18(21-15-3-1-2-6-20-15)14-9-12-8-13(14)17-11-5-4-10(7-11)16(12)17/h10-17H,1-9H2. The quantitative estimate of drug-likeness (QED) is 0.578. The van der Waals surface area contributed by atoms with Crippen LogP contribution in [-0.4, -0.2) is 18.9 Å². The van der Waals surface area contributed by atoms with Crippen LogP contribution in [0.3, 0.4) is 0 Å². The molecule has 3 nitrogen and oxygen atoms in total. The molecule has 0 spiro atoms. The van der Waals surface area contributed by atoms with E-state index in [1.165, 1.54) is 25.7 Å². The Morgan fingerprint density at radius 1 is 0.905 bits per heavy atom. The van der Waals surface area contributed by atoms with Crippen LogP contribution in [0.2, 0.25) is 0 Å². The van der Waals surface area contributed by atoms with Crippen molar-refractivity contribution in [3.05, 3.63) is 0 Å². The monoisotopic (exact) mass is 290 g/mol. The van der Waals surface area contributed by atoms with Gasteiger partial charge < -0.3 is 9.47 Å². The van der Waals surface area contributed by atoms with E-state index in [0.717, 1.165) is 61.9 Å². The van der Waals surface area contributed by atoms with Crippen LogP contribution < -0.4 is 0 Å². The van der Waals surface area contributed by atoms with Gasteiger partial charge in [0.05, 0.1) is 12.5 Å². The van der Waals surface area contributed by atoms with Crippen LogP contribution in [0.5, 0.6) is 0 Å². The first-order chi connectivity index (χ1) is 10.3. The molecule has 116 valence electrons. The van der Waals surface area contributed by atoms with Gasteiger partial charge in [0.1, 0.15) is 0 Å². The minimum absolute atomic E-state index is 0.0654. The summed E-state index contributed by atoms with van der Waals surface area (Å²) in [5, 5.41) is 0. The maximum Gasteiger partial charge on any atom is 0.311 e. The van der Waals surface area contributed by atoms with Crippen molar-refractivity contribution in [1.29, 1.82) is 0 Å². The number of hydrogen-bond acceptors (Lipinski definition) is 3. The van der Waals surface area contributed by atoms with E-state index in [1.54, 1.807) is 0 Å². The molecule has 0 radical (unpaired) electrons. The third kappa shape index (κ3) is 1.85. The van der Waals surface area contributed by atoms with Gasteiger partial charge in [0.15, 0.2) is 0 Å². The van der Waals surface area contributed by atoms with Crippen LogP contribution in [0.15, 0.2) is 0 Å². The van der Waals surface area contributed by atoms with E-state index in [1.807, 2.05) is 0 Å². The normalized spacial score (nSPS) is 53.9. The Hall–Kier alpha value is -0.570. The summed E-state index contributed by atoms with van der Waals surface area (Å²) >= 11 is 0. The van der Waals surface area contributed by atoms with Gasteiger partial charge in [-0.25, -0.2) is 0 Å². The molecule has 0 aromatic heterocycles. The van der Waals surface area contributed by atoms with E-state index in [4.69, 9.17) is 9.47 Å². The van der Waals surface area contributed by atoms with Crippen LogP contribution in [0.4, 0.5) is 0 Å². The summed E-state index contributed by atoms with van der Waals surface area (Å²) in [6.45, 7) is 0.753. The molecular weight excluding hydrogens is 264 g/mol. The van der Waals surface area contributed by atoms with Crippen molar-refractivity contribution in [2.24, 2.45) is 41.4 Å². The summed E-state index contributed by atoms with van der Waals surface area (Å²) < 4.78 is 11.3. The number of ether oxygens (including phenoxy) is 2. The van der Waals surface area contributed by atoms with Crippen LogP contribution in [-0.2, 0) is 14.3 Å². The summed E-state index contributed by atoms with van der Waals surface area (Å²) in [6, 6.07) is 0. The summed E-state index contributed by atoms with van der Waals surface area (Å²) in [4.78, 5) is 12.6. The lowest BCUT2D eigenvalue weighted by Crippen LogP contribution is -2.38. The zero-order chi connectivity index (χ0) is 14.0. The molecule has 5 fully saturated rings. The maximum atomic E-state index is 12.6. The molecule has 3 heteroatoms. The van der Waals surface area contributed by atoms with E-state index in [9.17, 15) is 4.79 Å². The fourth-order valence-electron chi connectivity index (χ4n) is 6.86. The van der Waals surface area contributed by atoms with Gasteiger partial charge in [-0.1, -0.05) is 0 Å². The molecule has 4 saturated carbocycles. The number of carbonyl (C=O) groups excluding carboxylic acids is 1. The zero-order valence-corrected chi connectivity index (χ0v) is 12.7.